The van der Waals surface area contributed by atoms with E-state index < -0.39 is 0 Å². The van der Waals surface area contributed by atoms with Crippen LogP contribution in [0.15, 0.2) is 59.3 Å². The van der Waals surface area contributed by atoms with Gasteiger partial charge < -0.3 is 0 Å². The summed E-state index contributed by atoms with van der Waals surface area (Å²) in [6.45, 7) is 0.974. The van der Waals surface area contributed by atoms with E-state index in [1.54, 1.807) is 0 Å². The number of fused-ring (bicyclic) bond motifs is 2. The predicted molar refractivity (Wildman–Crippen MR) is 102 cm³/mol. The summed E-state index contributed by atoms with van der Waals surface area (Å²) in [4.78, 5) is 9.07. The quantitative estimate of drug-likeness (QED) is 0.490. The number of pyridine rings is 2. The van der Waals surface area contributed by atoms with Crippen LogP contribution in [0.4, 0.5) is 0 Å². The maximum atomic E-state index is 4.89. The molecule has 0 spiro atoms. The Kier molecular flexibility index (Phi) is 3.41. The molecule has 1 aliphatic rings. The molecular formula is C20H15BrN4. The van der Waals surface area contributed by atoms with Gasteiger partial charge in [0, 0.05) is 40.1 Å². The van der Waals surface area contributed by atoms with Gasteiger partial charge >= 0.3 is 0 Å². The van der Waals surface area contributed by atoms with Gasteiger partial charge in [-0.1, -0.05) is 22.0 Å². The Morgan fingerprint density at radius 3 is 2.84 bits per heavy atom. The Morgan fingerprint density at radius 1 is 1.00 bits per heavy atom. The molecule has 5 heteroatoms. The van der Waals surface area contributed by atoms with Crippen LogP contribution >= 0.6 is 15.9 Å². The number of nitrogens with zero attached hydrogens (tertiary/aromatic N) is 4. The molecule has 0 aliphatic carbocycles. The largest absolute Gasteiger partial charge is 0.268 e. The lowest BCUT2D eigenvalue weighted by molar-refractivity contribution is 0.658. The molecule has 122 valence electrons. The standard InChI is InChI=1S/C20H15BrN4/c21-13-6-7-16-15(12-13)14(8-10-23-16)19-18-5-3-11-25(18)24-20(19)17-4-1-2-9-22-17/h1-2,4,6-10,12H,3,5,11H2. The van der Waals surface area contributed by atoms with Crippen molar-refractivity contribution in [2.24, 2.45) is 0 Å². The molecule has 1 aromatic carbocycles. The van der Waals surface area contributed by atoms with Gasteiger partial charge in [-0.25, -0.2) is 0 Å². The molecule has 25 heavy (non-hydrogen) atoms. The molecule has 0 bridgehead atoms. The highest BCUT2D eigenvalue weighted by Gasteiger charge is 2.25. The SMILES string of the molecule is Brc1ccc2nccc(-c3c(-c4ccccn4)nn4c3CCC4)c2c1. The van der Waals surface area contributed by atoms with Crippen molar-refractivity contribution in [3.05, 3.63) is 65.0 Å². The van der Waals surface area contributed by atoms with Crippen LogP contribution < -0.4 is 0 Å². The Hall–Kier alpha value is -2.53. The van der Waals surface area contributed by atoms with E-state index in [4.69, 9.17) is 5.10 Å². The van der Waals surface area contributed by atoms with Crippen LogP contribution in [0, 0.1) is 0 Å². The highest BCUT2D eigenvalue weighted by molar-refractivity contribution is 9.10. The zero-order chi connectivity index (χ0) is 16.8. The molecule has 3 aromatic heterocycles. The van der Waals surface area contributed by atoms with Crippen LogP contribution in [-0.4, -0.2) is 19.7 Å². The summed E-state index contributed by atoms with van der Waals surface area (Å²) < 4.78 is 3.20. The van der Waals surface area contributed by atoms with E-state index in [0.29, 0.717) is 0 Å². The average Bonchev–Trinajstić information content (AvgIpc) is 3.23. The van der Waals surface area contributed by atoms with Crippen LogP contribution in [0.3, 0.4) is 0 Å². The summed E-state index contributed by atoms with van der Waals surface area (Å²) in [5.41, 5.74) is 6.54. The second-order valence-corrected chi connectivity index (χ2v) is 7.15. The van der Waals surface area contributed by atoms with Crippen molar-refractivity contribution < 1.29 is 0 Å². The summed E-state index contributed by atoms with van der Waals surface area (Å²) in [5.74, 6) is 0. The topological polar surface area (TPSA) is 43.6 Å². The average molecular weight is 391 g/mol. The van der Waals surface area contributed by atoms with E-state index in [-0.39, 0.29) is 0 Å². The Labute approximate surface area is 153 Å². The fraction of sp³-hybridized carbons (Fsp3) is 0.150. The monoisotopic (exact) mass is 390 g/mol. The van der Waals surface area contributed by atoms with Crippen molar-refractivity contribution in [2.75, 3.05) is 0 Å². The lowest BCUT2D eigenvalue weighted by Gasteiger charge is -2.09. The third-order valence-electron chi connectivity index (χ3n) is 4.72. The van der Waals surface area contributed by atoms with Crippen LogP contribution in [-0.2, 0) is 13.0 Å². The highest BCUT2D eigenvalue weighted by Crippen LogP contribution is 2.39. The summed E-state index contributed by atoms with van der Waals surface area (Å²) >= 11 is 3.59. The number of hydrogen-bond acceptors (Lipinski definition) is 3. The van der Waals surface area contributed by atoms with Gasteiger partial charge in [0.05, 0.1) is 11.2 Å². The second kappa shape index (κ2) is 5.77. The van der Waals surface area contributed by atoms with Gasteiger partial charge in [-0.3, -0.25) is 14.6 Å². The molecule has 0 fully saturated rings. The van der Waals surface area contributed by atoms with Gasteiger partial charge in [0.15, 0.2) is 0 Å². The van der Waals surface area contributed by atoms with Crippen molar-refractivity contribution in [1.82, 2.24) is 19.7 Å². The first-order valence-electron chi connectivity index (χ1n) is 8.37. The second-order valence-electron chi connectivity index (χ2n) is 6.23. The maximum Gasteiger partial charge on any atom is 0.119 e. The molecular weight excluding hydrogens is 376 g/mol. The number of benzene rings is 1. The summed E-state index contributed by atoms with van der Waals surface area (Å²) in [6, 6.07) is 14.3. The molecule has 4 nitrogen and oxygen atoms in total. The Balaban J connectivity index is 1.85. The smallest absolute Gasteiger partial charge is 0.119 e. The fourth-order valence-electron chi connectivity index (χ4n) is 3.63. The van der Waals surface area contributed by atoms with Crippen LogP contribution in [0.5, 0.6) is 0 Å². The van der Waals surface area contributed by atoms with Gasteiger partial charge in [0.1, 0.15) is 5.69 Å². The number of hydrogen-bond donors (Lipinski definition) is 0. The van der Waals surface area contributed by atoms with E-state index in [9.17, 15) is 0 Å². The predicted octanol–water partition coefficient (Wildman–Crippen LogP) is 4.87. The summed E-state index contributed by atoms with van der Waals surface area (Å²) in [7, 11) is 0. The fourth-order valence-corrected chi connectivity index (χ4v) is 3.99. The minimum atomic E-state index is 0.916. The number of aryl methyl sites for hydroxylation is 1. The molecule has 0 N–H and O–H groups in total. The van der Waals surface area contributed by atoms with Gasteiger partial charge in [-0.05, 0) is 54.8 Å². The van der Waals surface area contributed by atoms with Crippen molar-refractivity contribution in [3.63, 3.8) is 0 Å². The normalized spacial score (nSPS) is 13.3. The number of halogens is 1. The molecule has 0 amide bonds. The summed E-state index contributed by atoms with van der Waals surface area (Å²) in [6.07, 6.45) is 5.90. The first kappa shape index (κ1) is 14.8. The molecule has 0 saturated carbocycles. The lowest BCUT2D eigenvalue weighted by Crippen LogP contribution is -1.94. The molecule has 4 aromatic rings. The van der Waals surface area contributed by atoms with Crippen LogP contribution in [0.2, 0.25) is 0 Å². The minimum Gasteiger partial charge on any atom is -0.268 e. The first-order chi connectivity index (χ1) is 12.3. The van der Waals surface area contributed by atoms with Crippen molar-refractivity contribution in [2.45, 2.75) is 19.4 Å². The Bertz CT molecular complexity index is 1090. The van der Waals surface area contributed by atoms with Gasteiger partial charge in [-0.15, -0.1) is 0 Å². The van der Waals surface area contributed by atoms with Gasteiger partial charge in [0.2, 0.25) is 0 Å². The van der Waals surface area contributed by atoms with E-state index in [1.165, 1.54) is 16.8 Å². The molecule has 0 saturated heterocycles. The third-order valence-corrected chi connectivity index (χ3v) is 5.21. The minimum absolute atomic E-state index is 0.916. The van der Waals surface area contributed by atoms with Gasteiger partial charge in [0.25, 0.3) is 0 Å². The van der Waals surface area contributed by atoms with Crippen LogP contribution in [0.1, 0.15) is 12.1 Å². The summed E-state index contributed by atoms with van der Waals surface area (Å²) in [5, 5.41) is 6.02. The zero-order valence-corrected chi connectivity index (χ0v) is 15.1. The first-order valence-corrected chi connectivity index (χ1v) is 9.16. The molecule has 5 rings (SSSR count). The van der Waals surface area contributed by atoms with Crippen molar-refractivity contribution in [1.29, 1.82) is 0 Å². The van der Waals surface area contributed by atoms with Gasteiger partial charge in [-0.2, -0.15) is 5.10 Å². The molecule has 0 unspecified atom stereocenters. The highest BCUT2D eigenvalue weighted by atomic mass is 79.9. The van der Waals surface area contributed by atoms with E-state index in [0.717, 1.165) is 46.1 Å². The zero-order valence-electron chi connectivity index (χ0n) is 13.5. The molecule has 1 aliphatic heterocycles. The van der Waals surface area contributed by atoms with Crippen molar-refractivity contribution in [3.8, 4) is 22.5 Å². The third kappa shape index (κ3) is 2.38. The maximum absolute atomic E-state index is 4.89. The van der Waals surface area contributed by atoms with Crippen molar-refractivity contribution >= 4 is 26.8 Å². The molecule has 0 atom stereocenters. The van der Waals surface area contributed by atoms with E-state index >= 15 is 0 Å². The Morgan fingerprint density at radius 2 is 1.96 bits per heavy atom. The molecule has 0 radical (unpaired) electrons. The van der Waals surface area contributed by atoms with Crippen LogP contribution in [0.25, 0.3) is 33.4 Å². The number of aromatic nitrogens is 4. The van der Waals surface area contributed by atoms with E-state index in [2.05, 4.69) is 42.7 Å². The van der Waals surface area contributed by atoms with E-state index in [1.807, 2.05) is 42.7 Å². The lowest BCUT2D eigenvalue weighted by atomic mass is 9.97. The number of rotatable bonds is 2. The molecule has 4 heterocycles.